The summed E-state index contributed by atoms with van der Waals surface area (Å²) in [5.41, 5.74) is 7.82. The Morgan fingerprint density at radius 2 is 1.85 bits per heavy atom. The van der Waals surface area contributed by atoms with Crippen LogP contribution in [0.25, 0.3) is 0 Å². The Hall–Kier alpha value is -0.535. The smallest absolute Gasteiger partial charge is 0.185 e. The molecular formula is C10H21BN2. The van der Waals surface area contributed by atoms with Gasteiger partial charge in [0.15, 0.2) is 7.98 Å². The van der Waals surface area contributed by atoms with Gasteiger partial charge in [0, 0.05) is 6.54 Å². The predicted molar refractivity (Wildman–Crippen MR) is 62.4 cm³/mol. The molecule has 13 heavy (non-hydrogen) atoms. The van der Waals surface area contributed by atoms with Gasteiger partial charge in [-0.2, -0.15) is 0 Å². The molecule has 0 aliphatic carbocycles. The van der Waals surface area contributed by atoms with Crippen LogP contribution in [-0.4, -0.2) is 32.4 Å². The maximum Gasteiger partial charge on any atom is 0.185 e. The van der Waals surface area contributed by atoms with Crippen LogP contribution in [0.2, 0.25) is 0 Å². The molecule has 0 amide bonds. The van der Waals surface area contributed by atoms with Crippen LogP contribution in [0.5, 0.6) is 0 Å². The molecule has 0 rings (SSSR count). The van der Waals surface area contributed by atoms with E-state index in [0.717, 1.165) is 31.5 Å². The molecule has 2 nitrogen and oxygen atoms in total. The van der Waals surface area contributed by atoms with Crippen LogP contribution in [0.15, 0.2) is 24.3 Å². The van der Waals surface area contributed by atoms with Crippen molar-refractivity contribution in [1.82, 2.24) is 4.81 Å². The van der Waals surface area contributed by atoms with Crippen LogP contribution in [0.4, 0.5) is 0 Å². The highest BCUT2D eigenvalue weighted by Gasteiger charge is 1.98. The molecule has 0 saturated carbocycles. The lowest BCUT2D eigenvalue weighted by atomic mass is 10.1. The molecule has 0 saturated heterocycles. The lowest BCUT2D eigenvalue weighted by Crippen LogP contribution is -2.23. The summed E-state index contributed by atoms with van der Waals surface area (Å²) in [6.45, 7) is 12.5. The van der Waals surface area contributed by atoms with E-state index in [-0.39, 0.29) is 0 Å². The first-order chi connectivity index (χ1) is 6.06. The number of hydrogen-bond acceptors (Lipinski definition) is 2. The minimum atomic E-state index is 0.605. The van der Waals surface area contributed by atoms with E-state index in [1.807, 2.05) is 0 Å². The first-order valence-electron chi connectivity index (χ1n) is 4.76. The van der Waals surface area contributed by atoms with Gasteiger partial charge in [0.2, 0.25) is 0 Å². The molecule has 0 heterocycles. The lowest BCUT2D eigenvalue weighted by Gasteiger charge is -2.17. The first-order valence-corrected chi connectivity index (χ1v) is 4.76. The van der Waals surface area contributed by atoms with Crippen molar-refractivity contribution in [2.24, 2.45) is 5.73 Å². The maximum atomic E-state index is 5.45. The van der Waals surface area contributed by atoms with E-state index >= 15 is 0 Å². The fraction of sp³-hybridized carbons (Fsp3) is 0.600. The van der Waals surface area contributed by atoms with E-state index in [1.54, 1.807) is 0 Å². The Kier molecular flexibility index (Phi) is 6.64. The highest BCUT2D eigenvalue weighted by molar-refractivity contribution is 6.04. The van der Waals surface area contributed by atoms with Crippen molar-refractivity contribution in [3.05, 3.63) is 24.3 Å². The molecule has 0 fully saturated rings. The van der Waals surface area contributed by atoms with Gasteiger partial charge in [0.1, 0.15) is 0 Å². The summed E-state index contributed by atoms with van der Waals surface area (Å²) in [6.07, 6.45) is 2.08. The second-order valence-corrected chi connectivity index (χ2v) is 3.71. The first kappa shape index (κ1) is 12.5. The monoisotopic (exact) mass is 180 g/mol. The van der Waals surface area contributed by atoms with Gasteiger partial charge in [0.25, 0.3) is 0 Å². The van der Waals surface area contributed by atoms with Crippen molar-refractivity contribution in [2.45, 2.75) is 19.8 Å². The van der Waals surface area contributed by atoms with Gasteiger partial charge in [0.05, 0.1) is 0 Å². The summed E-state index contributed by atoms with van der Waals surface area (Å²) < 4.78 is 0. The van der Waals surface area contributed by atoms with Gasteiger partial charge in [-0.25, -0.2) is 0 Å². The number of rotatable bonds is 7. The highest BCUT2D eigenvalue weighted by Crippen LogP contribution is 2.00. The number of nitrogens with zero attached hydrogens (tertiary/aromatic N) is 1. The van der Waals surface area contributed by atoms with Crippen LogP contribution < -0.4 is 5.73 Å². The van der Waals surface area contributed by atoms with Gasteiger partial charge in [-0.05, 0) is 32.9 Å². The normalized spacial score (nSPS) is 10.4. The standard InChI is InChI=1S/C10H21BN2/c1-9(2)4-6-13(11)7-5-10(3)8-12/h1,3-8,11-12H2,2H3. The maximum absolute atomic E-state index is 5.45. The van der Waals surface area contributed by atoms with Gasteiger partial charge < -0.3 is 10.5 Å². The summed E-state index contributed by atoms with van der Waals surface area (Å²) in [5, 5.41) is 0. The van der Waals surface area contributed by atoms with Crippen molar-refractivity contribution in [3.8, 4) is 0 Å². The van der Waals surface area contributed by atoms with E-state index in [4.69, 9.17) is 5.73 Å². The van der Waals surface area contributed by atoms with Gasteiger partial charge in [-0.15, -0.1) is 6.58 Å². The summed E-state index contributed by atoms with van der Waals surface area (Å²) in [5.74, 6) is 0. The van der Waals surface area contributed by atoms with E-state index in [1.165, 1.54) is 5.57 Å². The van der Waals surface area contributed by atoms with Gasteiger partial charge in [-0.1, -0.05) is 17.7 Å². The fourth-order valence-electron chi connectivity index (χ4n) is 0.945. The Balaban J connectivity index is 3.45. The average Bonchev–Trinajstić information content (AvgIpc) is 2.10. The minimum absolute atomic E-state index is 0.605. The SMILES string of the molecule is BN(CCC(=C)C)CCC(=C)CN. The molecule has 0 aromatic rings. The zero-order valence-corrected chi connectivity index (χ0v) is 8.97. The summed E-state index contributed by atoms with van der Waals surface area (Å²) >= 11 is 0. The second-order valence-electron chi connectivity index (χ2n) is 3.71. The van der Waals surface area contributed by atoms with Gasteiger partial charge in [-0.3, -0.25) is 0 Å². The molecule has 0 radical (unpaired) electrons. The largest absolute Gasteiger partial charge is 0.348 e. The molecule has 0 aromatic carbocycles. The Morgan fingerprint density at radius 1 is 1.31 bits per heavy atom. The quantitative estimate of drug-likeness (QED) is 0.461. The van der Waals surface area contributed by atoms with Crippen LogP contribution in [-0.2, 0) is 0 Å². The van der Waals surface area contributed by atoms with Crippen molar-refractivity contribution in [2.75, 3.05) is 19.6 Å². The lowest BCUT2D eigenvalue weighted by molar-refractivity contribution is 0.459. The van der Waals surface area contributed by atoms with Crippen LogP contribution >= 0.6 is 0 Å². The van der Waals surface area contributed by atoms with E-state index < -0.39 is 0 Å². The summed E-state index contributed by atoms with van der Waals surface area (Å²) in [4.78, 5) is 2.29. The van der Waals surface area contributed by atoms with Crippen LogP contribution in [0.1, 0.15) is 19.8 Å². The molecule has 74 valence electrons. The number of nitrogens with two attached hydrogens (primary N) is 1. The van der Waals surface area contributed by atoms with E-state index in [0.29, 0.717) is 6.54 Å². The van der Waals surface area contributed by atoms with Crippen LogP contribution in [0, 0.1) is 0 Å². The van der Waals surface area contributed by atoms with E-state index in [9.17, 15) is 0 Å². The fourth-order valence-corrected chi connectivity index (χ4v) is 0.945. The van der Waals surface area contributed by atoms with Crippen molar-refractivity contribution in [1.29, 1.82) is 0 Å². The molecule has 0 bridgehead atoms. The van der Waals surface area contributed by atoms with Crippen LogP contribution in [0.3, 0.4) is 0 Å². The topological polar surface area (TPSA) is 29.3 Å². The van der Waals surface area contributed by atoms with Crippen molar-refractivity contribution in [3.63, 3.8) is 0 Å². The molecule has 0 spiro atoms. The Labute approximate surface area is 82.9 Å². The summed E-state index contributed by atoms with van der Waals surface area (Å²) in [7, 11) is 2.12. The third-order valence-electron chi connectivity index (χ3n) is 2.06. The Morgan fingerprint density at radius 3 is 2.31 bits per heavy atom. The van der Waals surface area contributed by atoms with E-state index in [2.05, 4.69) is 32.9 Å². The van der Waals surface area contributed by atoms with Crippen molar-refractivity contribution >= 4 is 7.98 Å². The molecule has 3 heteroatoms. The molecule has 0 aliphatic heterocycles. The molecule has 0 atom stereocenters. The molecular weight excluding hydrogens is 159 g/mol. The number of hydrogen-bond donors (Lipinski definition) is 1. The van der Waals surface area contributed by atoms with Gasteiger partial charge >= 0.3 is 0 Å². The zero-order valence-electron chi connectivity index (χ0n) is 8.97. The minimum Gasteiger partial charge on any atom is -0.348 e. The molecule has 0 unspecified atom stereocenters. The highest BCUT2D eigenvalue weighted by atomic mass is 15.0. The van der Waals surface area contributed by atoms with Crippen molar-refractivity contribution < 1.29 is 0 Å². The Bertz CT molecular complexity index is 178. The molecule has 0 aromatic heterocycles. The average molecular weight is 180 g/mol. The third-order valence-corrected chi connectivity index (χ3v) is 2.06. The zero-order chi connectivity index (χ0) is 10.3. The predicted octanol–water partition coefficient (Wildman–Crippen LogP) is 0.708. The molecule has 0 aliphatic rings. The molecule has 2 N–H and O–H groups in total. The second kappa shape index (κ2) is 6.93. The summed E-state index contributed by atoms with van der Waals surface area (Å²) in [6, 6.07) is 0. The third kappa shape index (κ3) is 7.81.